The Bertz CT molecular complexity index is 712. The molecule has 0 bridgehead atoms. The Morgan fingerprint density at radius 2 is 2.00 bits per heavy atom. The molecule has 0 fully saturated rings. The molecule has 9 nitrogen and oxygen atoms in total. The first-order valence-electron chi connectivity index (χ1n) is 6.59. The monoisotopic (exact) mass is 324 g/mol. The zero-order valence-corrected chi connectivity index (χ0v) is 12.7. The van der Waals surface area contributed by atoms with E-state index in [2.05, 4.69) is 26.2 Å². The summed E-state index contributed by atoms with van der Waals surface area (Å²) in [4.78, 5) is 11.6. The molecule has 2 amide bonds. The van der Waals surface area contributed by atoms with Crippen LogP contribution < -0.4 is 10.6 Å². The van der Waals surface area contributed by atoms with E-state index in [1.807, 2.05) is 0 Å². The Morgan fingerprint density at radius 1 is 1.27 bits per heavy atom. The molecule has 0 aliphatic heterocycles. The van der Waals surface area contributed by atoms with Crippen LogP contribution in [-0.4, -0.2) is 52.7 Å². The van der Waals surface area contributed by atoms with Gasteiger partial charge in [0.1, 0.15) is 6.33 Å². The van der Waals surface area contributed by atoms with E-state index in [-0.39, 0.29) is 18.1 Å². The first kappa shape index (κ1) is 15.9. The molecule has 0 radical (unpaired) electrons. The van der Waals surface area contributed by atoms with Crippen molar-refractivity contribution in [2.24, 2.45) is 0 Å². The summed E-state index contributed by atoms with van der Waals surface area (Å²) in [7, 11) is -3.08. The third-order valence-corrected chi connectivity index (χ3v) is 4.58. The Labute approximate surface area is 127 Å². The predicted octanol–water partition coefficient (Wildman–Crippen LogP) is 0.218. The van der Waals surface area contributed by atoms with Crippen LogP contribution in [0.5, 0.6) is 0 Å². The molecule has 2 aromatic rings. The lowest BCUT2D eigenvalue weighted by Gasteiger charge is -2.08. The third-order valence-electron chi connectivity index (χ3n) is 2.88. The number of carbonyl (C=O) groups excluding carboxylic acids is 1. The summed E-state index contributed by atoms with van der Waals surface area (Å²) in [6.45, 7) is 1.65. The average Bonchev–Trinajstić information content (AvgIpc) is 3.02. The lowest BCUT2D eigenvalue weighted by Crippen LogP contribution is -2.33. The van der Waals surface area contributed by atoms with Gasteiger partial charge in [0.2, 0.25) is 0 Å². The van der Waals surface area contributed by atoms with Crippen molar-refractivity contribution in [2.45, 2.75) is 6.92 Å². The Balaban J connectivity index is 1.84. The van der Waals surface area contributed by atoms with Gasteiger partial charge in [-0.05, 0) is 34.7 Å². The summed E-state index contributed by atoms with van der Waals surface area (Å²) in [6, 6.07) is 6.42. The maximum Gasteiger partial charge on any atom is 0.319 e. The van der Waals surface area contributed by atoms with Gasteiger partial charge in [0, 0.05) is 18.0 Å². The van der Waals surface area contributed by atoms with E-state index >= 15 is 0 Å². The molecule has 0 spiro atoms. The van der Waals surface area contributed by atoms with Crippen molar-refractivity contribution >= 4 is 21.6 Å². The third kappa shape index (κ3) is 4.52. The van der Waals surface area contributed by atoms with Gasteiger partial charge in [0.15, 0.2) is 9.84 Å². The van der Waals surface area contributed by atoms with Gasteiger partial charge in [0.05, 0.1) is 11.4 Å². The molecule has 0 unspecified atom stereocenters. The highest BCUT2D eigenvalue weighted by atomic mass is 32.2. The van der Waals surface area contributed by atoms with E-state index in [9.17, 15) is 13.2 Å². The Hall–Kier alpha value is -2.49. The predicted molar refractivity (Wildman–Crippen MR) is 80.5 cm³/mol. The number of tetrazole rings is 1. The molecule has 22 heavy (non-hydrogen) atoms. The summed E-state index contributed by atoms with van der Waals surface area (Å²) < 4.78 is 24.1. The number of sulfone groups is 1. The Kier molecular flexibility index (Phi) is 5.04. The molecule has 118 valence electrons. The van der Waals surface area contributed by atoms with E-state index in [0.29, 0.717) is 5.69 Å². The molecule has 2 rings (SSSR count). The van der Waals surface area contributed by atoms with Gasteiger partial charge in [-0.3, -0.25) is 0 Å². The SMILES string of the molecule is CCS(=O)(=O)CCNC(=O)Nc1ccc(-n2cnnn2)cc1. The minimum atomic E-state index is -3.08. The van der Waals surface area contributed by atoms with Crippen LogP contribution in [0, 0.1) is 0 Å². The van der Waals surface area contributed by atoms with E-state index in [0.717, 1.165) is 5.69 Å². The van der Waals surface area contributed by atoms with Crippen molar-refractivity contribution in [1.29, 1.82) is 0 Å². The summed E-state index contributed by atoms with van der Waals surface area (Å²) in [6.07, 6.45) is 1.46. The molecular formula is C12H16N6O3S. The highest BCUT2D eigenvalue weighted by molar-refractivity contribution is 7.91. The fourth-order valence-electron chi connectivity index (χ4n) is 1.62. The minimum absolute atomic E-state index is 0.0644. The van der Waals surface area contributed by atoms with E-state index in [1.165, 1.54) is 11.0 Å². The largest absolute Gasteiger partial charge is 0.337 e. The number of aromatic nitrogens is 4. The van der Waals surface area contributed by atoms with Gasteiger partial charge in [-0.1, -0.05) is 6.92 Å². The van der Waals surface area contributed by atoms with Gasteiger partial charge in [-0.15, -0.1) is 5.10 Å². The standard InChI is InChI=1S/C12H16N6O3S/c1-2-22(20,21)8-7-13-12(19)15-10-3-5-11(6-4-10)18-9-14-16-17-18/h3-6,9H,2,7-8H2,1H3,(H2,13,15,19). The number of anilines is 1. The first-order valence-corrected chi connectivity index (χ1v) is 8.41. The lowest BCUT2D eigenvalue weighted by atomic mass is 10.3. The summed E-state index contributed by atoms with van der Waals surface area (Å²) in [5, 5.41) is 15.9. The number of nitrogens with one attached hydrogen (secondary N) is 2. The van der Waals surface area contributed by atoms with Crippen molar-refractivity contribution in [2.75, 3.05) is 23.4 Å². The summed E-state index contributed by atoms with van der Waals surface area (Å²) in [5.74, 6) is -0.00986. The maximum atomic E-state index is 11.6. The maximum absolute atomic E-state index is 11.6. The van der Waals surface area contributed by atoms with Crippen molar-refractivity contribution in [3.63, 3.8) is 0 Å². The van der Waals surface area contributed by atoms with Gasteiger partial charge in [-0.2, -0.15) is 0 Å². The number of rotatable bonds is 6. The fourth-order valence-corrected chi connectivity index (χ4v) is 2.32. The number of amides is 2. The second kappa shape index (κ2) is 6.98. The van der Waals surface area contributed by atoms with E-state index in [4.69, 9.17) is 0 Å². The minimum Gasteiger partial charge on any atom is -0.337 e. The molecule has 1 aromatic heterocycles. The highest BCUT2D eigenvalue weighted by Gasteiger charge is 2.08. The van der Waals surface area contributed by atoms with Crippen LogP contribution in [0.15, 0.2) is 30.6 Å². The van der Waals surface area contributed by atoms with Gasteiger partial charge in [0.25, 0.3) is 0 Å². The van der Waals surface area contributed by atoms with Gasteiger partial charge in [-0.25, -0.2) is 17.9 Å². The molecule has 1 heterocycles. The van der Waals surface area contributed by atoms with Crippen LogP contribution >= 0.6 is 0 Å². The molecule has 0 aliphatic rings. The highest BCUT2D eigenvalue weighted by Crippen LogP contribution is 2.11. The molecule has 0 atom stereocenters. The second-order valence-corrected chi connectivity index (χ2v) is 6.89. The number of hydrogen-bond donors (Lipinski definition) is 2. The second-order valence-electron chi connectivity index (χ2n) is 4.42. The lowest BCUT2D eigenvalue weighted by molar-refractivity contribution is 0.252. The van der Waals surface area contributed by atoms with E-state index < -0.39 is 15.9 Å². The van der Waals surface area contributed by atoms with Crippen LogP contribution in [0.2, 0.25) is 0 Å². The molecule has 0 aliphatic carbocycles. The average molecular weight is 324 g/mol. The number of carbonyl (C=O) groups is 1. The molecule has 0 saturated carbocycles. The molecule has 10 heteroatoms. The molecule has 1 aromatic carbocycles. The van der Waals surface area contributed by atoms with E-state index in [1.54, 1.807) is 31.2 Å². The van der Waals surface area contributed by atoms with Crippen molar-refractivity contribution in [1.82, 2.24) is 25.5 Å². The topological polar surface area (TPSA) is 119 Å². The zero-order valence-electron chi connectivity index (χ0n) is 11.9. The van der Waals surface area contributed by atoms with Crippen molar-refractivity contribution in [3.05, 3.63) is 30.6 Å². The number of hydrogen-bond acceptors (Lipinski definition) is 6. The number of nitrogens with zero attached hydrogens (tertiary/aromatic N) is 4. The normalized spacial score (nSPS) is 11.1. The number of benzene rings is 1. The van der Waals surface area contributed by atoms with Crippen LogP contribution in [0.25, 0.3) is 5.69 Å². The molecule has 0 saturated heterocycles. The van der Waals surface area contributed by atoms with Crippen molar-refractivity contribution in [3.8, 4) is 5.69 Å². The smallest absolute Gasteiger partial charge is 0.319 e. The van der Waals surface area contributed by atoms with Crippen LogP contribution in [0.4, 0.5) is 10.5 Å². The van der Waals surface area contributed by atoms with Crippen LogP contribution in [-0.2, 0) is 9.84 Å². The van der Waals surface area contributed by atoms with Crippen LogP contribution in [0.1, 0.15) is 6.92 Å². The van der Waals surface area contributed by atoms with Crippen LogP contribution in [0.3, 0.4) is 0 Å². The summed E-state index contributed by atoms with van der Waals surface area (Å²) in [5.41, 5.74) is 1.33. The molecule has 2 N–H and O–H groups in total. The number of urea groups is 1. The molecular weight excluding hydrogens is 308 g/mol. The zero-order chi connectivity index (χ0) is 16.0. The van der Waals surface area contributed by atoms with Gasteiger partial charge < -0.3 is 10.6 Å². The first-order chi connectivity index (χ1) is 10.5. The summed E-state index contributed by atoms with van der Waals surface area (Å²) >= 11 is 0. The Morgan fingerprint density at radius 3 is 2.59 bits per heavy atom. The fraction of sp³-hybridized carbons (Fsp3) is 0.333. The van der Waals surface area contributed by atoms with Gasteiger partial charge >= 0.3 is 6.03 Å². The van der Waals surface area contributed by atoms with Crippen molar-refractivity contribution < 1.29 is 13.2 Å². The quantitative estimate of drug-likeness (QED) is 0.784.